The zero-order valence-electron chi connectivity index (χ0n) is 10.3. The number of nitrogens with zero attached hydrogens (tertiary/aromatic N) is 2. The monoisotopic (exact) mass is 218 g/mol. The van der Waals surface area contributed by atoms with Crippen molar-refractivity contribution in [3.05, 3.63) is 29.6 Å². The Hall–Kier alpha value is -1.51. The quantitative estimate of drug-likeness (QED) is 0.791. The molecule has 0 N–H and O–H groups in total. The van der Waals surface area contributed by atoms with E-state index in [2.05, 4.69) is 31.1 Å². The summed E-state index contributed by atoms with van der Waals surface area (Å²) in [5.41, 5.74) is 3.40. The third-order valence-electron chi connectivity index (χ3n) is 2.64. The number of ether oxygens (including phenoxy) is 1. The average molecular weight is 218 g/mol. The summed E-state index contributed by atoms with van der Waals surface area (Å²) in [6, 6.07) is 4.25. The summed E-state index contributed by atoms with van der Waals surface area (Å²) in [5, 5.41) is 4.39. The number of aryl methyl sites for hydroxylation is 1. The van der Waals surface area contributed by atoms with Crippen LogP contribution in [-0.4, -0.2) is 16.2 Å². The smallest absolute Gasteiger partial charge is 0.141 e. The Kier molecular flexibility index (Phi) is 2.86. The lowest BCUT2D eigenvalue weighted by atomic mass is 10.0. The van der Waals surface area contributed by atoms with Crippen molar-refractivity contribution in [2.45, 2.75) is 33.6 Å². The second kappa shape index (κ2) is 4.16. The van der Waals surface area contributed by atoms with Crippen LogP contribution in [0.3, 0.4) is 0 Å². The SMILES string of the molecule is CCOc1cn2nc(C)cc2cc1C(C)C. The molecular weight excluding hydrogens is 200 g/mol. The third kappa shape index (κ3) is 1.90. The van der Waals surface area contributed by atoms with Gasteiger partial charge in [0.2, 0.25) is 0 Å². The van der Waals surface area contributed by atoms with Crippen LogP contribution in [0.1, 0.15) is 37.9 Å². The molecule has 0 bridgehead atoms. The summed E-state index contributed by atoms with van der Waals surface area (Å²) in [7, 11) is 0. The topological polar surface area (TPSA) is 26.5 Å². The van der Waals surface area contributed by atoms with Crippen molar-refractivity contribution in [2.24, 2.45) is 0 Å². The van der Waals surface area contributed by atoms with E-state index in [0.717, 1.165) is 17.0 Å². The summed E-state index contributed by atoms with van der Waals surface area (Å²) < 4.78 is 7.54. The van der Waals surface area contributed by atoms with Gasteiger partial charge in [0.1, 0.15) is 5.75 Å². The van der Waals surface area contributed by atoms with Crippen LogP contribution in [0.4, 0.5) is 0 Å². The Morgan fingerprint density at radius 1 is 1.38 bits per heavy atom. The Balaban J connectivity index is 2.60. The standard InChI is InChI=1S/C13H18N2O/c1-5-16-13-8-15-11(6-10(4)14-15)7-12(13)9(2)3/h6-9H,5H2,1-4H3. The molecule has 86 valence electrons. The highest BCUT2D eigenvalue weighted by Gasteiger charge is 2.10. The van der Waals surface area contributed by atoms with E-state index in [1.165, 1.54) is 5.56 Å². The number of hydrogen-bond donors (Lipinski definition) is 0. The van der Waals surface area contributed by atoms with Crippen LogP contribution in [-0.2, 0) is 0 Å². The Morgan fingerprint density at radius 2 is 2.12 bits per heavy atom. The van der Waals surface area contributed by atoms with Crippen molar-refractivity contribution in [1.82, 2.24) is 9.61 Å². The van der Waals surface area contributed by atoms with Gasteiger partial charge in [-0.05, 0) is 31.9 Å². The van der Waals surface area contributed by atoms with E-state index in [1.807, 2.05) is 24.6 Å². The van der Waals surface area contributed by atoms with Gasteiger partial charge >= 0.3 is 0 Å². The summed E-state index contributed by atoms with van der Waals surface area (Å²) in [6.07, 6.45) is 1.97. The highest BCUT2D eigenvalue weighted by atomic mass is 16.5. The first-order chi connectivity index (χ1) is 7.61. The second-order valence-electron chi connectivity index (χ2n) is 4.34. The number of rotatable bonds is 3. The Morgan fingerprint density at radius 3 is 2.75 bits per heavy atom. The van der Waals surface area contributed by atoms with E-state index in [0.29, 0.717) is 12.5 Å². The first-order valence-electron chi connectivity index (χ1n) is 5.74. The highest BCUT2D eigenvalue weighted by molar-refractivity contribution is 5.54. The maximum Gasteiger partial charge on any atom is 0.141 e. The fraction of sp³-hybridized carbons (Fsp3) is 0.462. The molecule has 0 radical (unpaired) electrons. The van der Waals surface area contributed by atoms with Crippen molar-refractivity contribution in [3.8, 4) is 5.75 Å². The molecule has 2 aromatic heterocycles. The fourth-order valence-corrected chi connectivity index (χ4v) is 1.89. The van der Waals surface area contributed by atoms with E-state index < -0.39 is 0 Å². The van der Waals surface area contributed by atoms with E-state index in [9.17, 15) is 0 Å². The van der Waals surface area contributed by atoms with Gasteiger partial charge in [-0.2, -0.15) is 5.10 Å². The van der Waals surface area contributed by atoms with Crippen LogP contribution in [0.25, 0.3) is 5.52 Å². The minimum absolute atomic E-state index is 0.460. The van der Waals surface area contributed by atoms with Gasteiger partial charge in [-0.1, -0.05) is 13.8 Å². The molecule has 0 saturated carbocycles. The van der Waals surface area contributed by atoms with E-state index in [-0.39, 0.29) is 0 Å². The van der Waals surface area contributed by atoms with Crippen molar-refractivity contribution in [1.29, 1.82) is 0 Å². The molecule has 3 heteroatoms. The zero-order chi connectivity index (χ0) is 11.7. The molecule has 16 heavy (non-hydrogen) atoms. The summed E-state index contributed by atoms with van der Waals surface area (Å²) in [5.74, 6) is 1.40. The van der Waals surface area contributed by atoms with Crippen LogP contribution in [0, 0.1) is 6.92 Å². The highest BCUT2D eigenvalue weighted by Crippen LogP contribution is 2.28. The van der Waals surface area contributed by atoms with E-state index >= 15 is 0 Å². The van der Waals surface area contributed by atoms with Gasteiger partial charge in [-0.3, -0.25) is 0 Å². The normalized spacial score (nSPS) is 11.3. The Bertz CT molecular complexity index is 500. The van der Waals surface area contributed by atoms with Gasteiger partial charge in [0.05, 0.1) is 24.0 Å². The predicted octanol–water partition coefficient (Wildman–Crippen LogP) is 3.16. The van der Waals surface area contributed by atoms with E-state index in [4.69, 9.17) is 4.74 Å². The molecule has 0 atom stereocenters. The molecule has 0 fully saturated rings. The zero-order valence-corrected chi connectivity index (χ0v) is 10.3. The molecule has 0 aliphatic heterocycles. The van der Waals surface area contributed by atoms with Gasteiger partial charge in [0, 0.05) is 5.56 Å². The van der Waals surface area contributed by atoms with Gasteiger partial charge in [0.15, 0.2) is 0 Å². The maximum atomic E-state index is 5.65. The number of fused-ring (bicyclic) bond motifs is 1. The third-order valence-corrected chi connectivity index (χ3v) is 2.64. The van der Waals surface area contributed by atoms with Crippen molar-refractivity contribution in [2.75, 3.05) is 6.61 Å². The molecule has 2 rings (SSSR count). The van der Waals surface area contributed by atoms with E-state index in [1.54, 1.807) is 0 Å². The minimum atomic E-state index is 0.460. The molecule has 3 nitrogen and oxygen atoms in total. The molecule has 0 aliphatic carbocycles. The maximum absolute atomic E-state index is 5.65. The number of pyridine rings is 1. The van der Waals surface area contributed by atoms with Gasteiger partial charge in [-0.15, -0.1) is 0 Å². The number of aromatic nitrogens is 2. The largest absolute Gasteiger partial charge is 0.492 e. The van der Waals surface area contributed by atoms with Crippen molar-refractivity contribution < 1.29 is 4.74 Å². The van der Waals surface area contributed by atoms with Gasteiger partial charge in [-0.25, -0.2) is 4.52 Å². The predicted molar refractivity (Wildman–Crippen MR) is 65.2 cm³/mol. The van der Waals surface area contributed by atoms with Crippen LogP contribution in [0.2, 0.25) is 0 Å². The minimum Gasteiger partial charge on any atom is -0.492 e. The molecule has 2 heterocycles. The summed E-state index contributed by atoms with van der Waals surface area (Å²) >= 11 is 0. The van der Waals surface area contributed by atoms with Crippen molar-refractivity contribution >= 4 is 5.52 Å². The molecule has 0 saturated heterocycles. The molecule has 0 amide bonds. The molecule has 0 aromatic carbocycles. The molecular formula is C13H18N2O. The lowest BCUT2D eigenvalue weighted by Crippen LogP contribution is -2.01. The lowest BCUT2D eigenvalue weighted by molar-refractivity contribution is 0.333. The summed E-state index contributed by atoms with van der Waals surface area (Å²) in [4.78, 5) is 0. The first kappa shape index (κ1) is 11.0. The lowest BCUT2D eigenvalue weighted by Gasteiger charge is -2.13. The Labute approximate surface area is 96.0 Å². The van der Waals surface area contributed by atoms with Crippen LogP contribution < -0.4 is 4.74 Å². The van der Waals surface area contributed by atoms with Crippen LogP contribution >= 0.6 is 0 Å². The molecule has 0 spiro atoms. The van der Waals surface area contributed by atoms with Crippen LogP contribution in [0.5, 0.6) is 5.75 Å². The molecule has 2 aromatic rings. The van der Waals surface area contributed by atoms with Gasteiger partial charge in [0.25, 0.3) is 0 Å². The molecule has 0 unspecified atom stereocenters. The summed E-state index contributed by atoms with van der Waals surface area (Å²) in [6.45, 7) is 9.05. The van der Waals surface area contributed by atoms with Crippen LogP contribution in [0.15, 0.2) is 18.3 Å². The fourth-order valence-electron chi connectivity index (χ4n) is 1.89. The van der Waals surface area contributed by atoms with Gasteiger partial charge < -0.3 is 4.74 Å². The van der Waals surface area contributed by atoms with Crippen molar-refractivity contribution in [3.63, 3.8) is 0 Å². The number of hydrogen-bond acceptors (Lipinski definition) is 2. The second-order valence-corrected chi connectivity index (χ2v) is 4.34. The average Bonchev–Trinajstić information content (AvgIpc) is 2.56. The molecule has 0 aliphatic rings. The first-order valence-corrected chi connectivity index (χ1v) is 5.74.